The minimum atomic E-state index is -0.452. The van der Waals surface area contributed by atoms with Gasteiger partial charge in [-0.05, 0) is 24.5 Å². The largest absolute Gasteiger partial charge is 0.384 e. The number of nitrogens with one attached hydrogen (secondary N) is 1. The molecule has 0 radical (unpaired) electrons. The number of rotatable bonds is 8. The Morgan fingerprint density at radius 1 is 1.33 bits per heavy atom. The monoisotopic (exact) mass is 373 g/mol. The zero-order valence-corrected chi connectivity index (χ0v) is 15.4. The summed E-state index contributed by atoms with van der Waals surface area (Å²) in [5, 5.41) is 12.9. The first-order valence-electron chi connectivity index (χ1n) is 9.64. The molecule has 0 unspecified atom stereocenters. The molecule has 4 N–H and O–H groups in total. The van der Waals surface area contributed by atoms with Gasteiger partial charge in [-0.3, -0.25) is 10.0 Å². The van der Waals surface area contributed by atoms with Gasteiger partial charge in [-0.25, -0.2) is 10.5 Å². The lowest BCUT2D eigenvalue weighted by atomic mass is 9.84. The Balaban J connectivity index is 1.64. The SMILES string of the molecule is Nc1ccc(-c2noc([C@H](CCCC3CCCCC3)CC(=O)NO)n2)cn1. The van der Waals surface area contributed by atoms with Gasteiger partial charge >= 0.3 is 0 Å². The molecule has 2 aromatic rings. The van der Waals surface area contributed by atoms with Crippen LogP contribution in [0.25, 0.3) is 11.4 Å². The van der Waals surface area contributed by atoms with Crippen molar-refractivity contribution in [2.75, 3.05) is 5.73 Å². The van der Waals surface area contributed by atoms with E-state index >= 15 is 0 Å². The van der Waals surface area contributed by atoms with E-state index in [1.165, 1.54) is 32.1 Å². The molecule has 1 aliphatic rings. The second kappa shape index (κ2) is 9.45. The summed E-state index contributed by atoms with van der Waals surface area (Å²) in [6.45, 7) is 0. The molecule has 0 saturated heterocycles. The van der Waals surface area contributed by atoms with E-state index < -0.39 is 5.91 Å². The van der Waals surface area contributed by atoms with Crippen molar-refractivity contribution in [3.05, 3.63) is 24.2 Å². The van der Waals surface area contributed by atoms with Crippen LogP contribution < -0.4 is 11.2 Å². The number of pyridine rings is 1. The van der Waals surface area contributed by atoms with Gasteiger partial charge in [0.05, 0.1) is 0 Å². The zero-order valence-electron chi connectivity index (χ0n) is 15.4. The number of hydroxylamine groups is 1. The van der Waals surface area contributed by atoms with Gasteiger partial charge in [0.25, 0.3) is 0 Å². The molecule has 1 saturated carbocycles. The fourth-order valence-corrected chi connectivity index (χ4v) is 3.77. The van der Waals surface area contributed by atoms with E-state index in [9.17, 15) is 4.79 Å². The molecule has 0 bridgehead atoms. The smallest absolute Gasteiger partial charge is 0.244 e. The van der Waals surface area contributed by atoms with Crippen LogP contribution in [0.1, 0.15) is 69.6 Å². The van der Waals surface area contributed by atoms with E-state index in [1.54, 1.807) is 23.8 Å². The fraction of sp³-hybridized carbons (Fsp3) is 0.579. The maximum absolute atomic E-state index is 11.7. The lowest BCUT2D eigenvalue weighted by Crippen LogP contribution is -2.21. The Morgan fingerprint density at radius 3 is 2.85 bits per heavy atom. The molecular weight excluding hydrogens is 346 g/mol. The van der Waals surface area contributed by atoms with E-state index in [-0.39, 0.29) is 12.3 Å². The number of nitrogen functional groups attached to an aromatic ring is 1. The number of hydrogen-bond donors (Lipinski definition) is 3. The van der Waals surface area contributed by atoms with E-state index in [0.29, 0.717) is 23.1 Å². The summed E-state index contributed by atoms with van der Waals surface area (Å²) in [7, 11) is 0. The first-order chi connectivity index (χ1) is 13.2. The lowest BCUT2D eigenvalue weighted by Gasteiger charge is -2.22. The zero-order chi connectivity index (χ0) is 19.1. The number of hydrogen-bond acceptors (Lipinski definition) is 7. The molecule has 8 nitrogen and oxygen atoms in total. The maximum Gasteiger partial charge on any atom is 0.244 e. The molecule has 1 atom stereocenters. The molecule has 0 aromatic carbocycles. The van der Waals surface area contributed by atoms with Crippen LogP contribution in [0.15, 0.2) is 22.9 Å². The average Bonchev–Trinajstić information content (AvgIpc) is 3.18. The summed E-state index contributed by atoms with van der Waals surface area (Å²) >= 11 is 0. The quantitative estimate of drug-likeness (QED) is 0.477. The van der Waals surface area contributed by atoms with E-state index in [2.05, 4.69) is 15.1 Å². The van der Waals surface area contributed by atoms with Crippen molar-refractivity contribution >= 4 is 11.7 Å². The van der Waals surface area contributed by atoms with Gasteiger partial charge < -0.3 is 10.3 Å². The van der Waals surface area contributed by atoms with Gasteiger partial charge in [0.1, 0.15) is 5.82 Å². The molecule has 2 aromatic heterocycles. The highest BCUT2D eigenvalue weighted by Gasteiger charge is 2.23. The van der Waals surface area contributed by atoms with Crippen molar-refractivity contribution in [1.29, 1.82) is 0 Å². The summed E-state index contributed by atoms with van der Waals surface area (Å²) in [6.07, 6.45) is 11.2. The first-order valence-corrected chi connectivity index (χ1v) is 9.64. The third-order valence-electron chi connectivity index (χ3n) is 5.28. The van der Waals surface area contributed by atoms with Gasteiger partial charge in [-0.1, -0.05) is 50.1 Å². The topological polar surface area (TPSA) is 127 Å². The predicted octanol–water partition coefficient (Wildman–Crippen LogP) is 3.44. The van der Waals surface area contributed by atoms with Crippen LogP contribution in [0.4, 0.5) is 5.82 Å². The van der Waals surface area contributed by atoms with E-state index in [1.807, 2.05) is 0 Å². The standard InChI is InChI=1S/C19H27N5O3/c20-16-10-9-15(12-21-16)18-22-19(27-24-18)14(11-17(25)23-26)8-4-7-13-5-2-1-3-6-13/h9-10,12-14,26H,1-8,11H2,(H2,20,21)(H,23,25)/t14-/m1/s1. The second-order valence-electron chi connectivity index (χ2n) is 7.30. The third-order valence-corrected chi connectivity index (χ3v) is 5.28. The first kappa shape index (κ1) is 19.3. The fourth-order valence-electron chi connectivity index (χ4n) is 3.77. The van der Waals surface area contributed by atoms with Crippen molar-refractivity contribution in [3.8, 4) is 11.4 Å². The van der Waals surface area contributed by atoms with Crippen molar-refractivity contribution in [1.82, 2.24) is 20.6 Å². The number of carbonyl (C=O) groups excluding carboxylic acids is 1. The summed E-state index contributed by atoms with van der Waals surface area (Å²) in [6, 6.07) is 3.45. The Labute approximate surface area is 158 Å². The van der Waals surface area contributed by atoms with Crippen molar-refractivity contribution in [2.45, 2.75) is 63.7 Å². The van der Waals surface area contributed by atoms with E-state index in [0.717, 1.165) is 25.2 Å². The average molecular weight is 373 g/mol. The van der Waals surface area contributed by atoms with Crippen molar-refractivity contribution in [2.24, 2.45) is 5.92 Å². The molecule has 146 valence electrons. The molecule has 0 aliphatic heterocycles. The predicted molar refractivity (Wildman–Crippen MR) is 99.7 cm³/mol. The van der Waals surface area contributed by atoms with Gasteiger partial charge in [-0.2, -0.15) is 4.98 Å². The Morgan fingerprint density at radius 2 is 2.15 bits per heavy atom. The summed E-state index contributed by atoms with van der Waals surface area (Å²) in [4.78, 5) is 20.2. The molecule has 8 heteroatoms. The van der Waals surface area contributed by atoms with Gasteiger partial charge in [-0.15, -0.1) is 0 Å². The summed E-state index contributed by atoms with van der Waals surface area (Å²) in [5.41, 5.74) is 8.00. The minimum absolute atomic E-state index is 0.114. The number of nitrogens with two attached hydrogens (primary N) is 1. The minimum Gasteiger partial charge on any atom is -0.384 e. The number of carbonyl (C=O) groups is 1. The molecule has 1 amide bonds. The number of nitrogens with zero attached hydrogens (tertiary/aromatic N) is 3. The van der Waals surface area contributed by atoms with Crippen LogP contribution in [0.3, 0.4) is 0 Å². The van der Waals surface area contributed by atoms with Gasteiger partial charge in [0.2, 0.25) is 17.6 Å². The third kappa shape index (κ3) is 5.50. The maximum atomic E-state index is 11.7. The normalized spacial score (nSPS) is 16.2. The van der Waals surface area contributed by atoms with Crippen LogP contribution in [0.2, 0.25) is 0 Å². The second-order valence-corrected chi connectivity index (χ2v) is 7.30. The molecule has 27 heavy (non-hydrogen) atoms. The Hall–Kier alpha value is -2.48. The highest BCUT2D eigenvalue weighted by atomic mass is 16.5. The van der Waals surface area contributed by atoms with Gasteiger partial charge in [0.15, 0.2) is 0 Å². The number of amides is 1. The number of aromatic nitrogens is 3. The molecule has 0 spiro atoms. The molecule has 3 rings (SSSR count). The number of anilines is 1. The van der Waals surface area contributed by atoms with Crippen LogP contribution in [-0.2, 0) is 4.79 Å². The van der Waals surface area contributed by atoms with E-state index in [4.69, 9.17) is 15.5 Å². The van der Waals surface area contributed by atoms with Crippen LogP contribution in [0, 0.1) is 5.92 Å². The molecule has 1 aliphatic carbocycles. The summed E-state index contributed by atoms with van der Waals surface area (Å²) < 4.78 is 5.42. The van der Waals surface area contributed by atoms with Crippen LogP contribution in [0.5, 0.6) is 0 Å². The van der Waals surface area contributed by atoms with Crippen LogP contribution in [-0.4, -0.2) is 26.2 Å². The Kier molecular flexibility index (Phi) is 6.75. The van der Waals surface area contributed by atoms with Gasteiger partial charge in [0, 0.05) is 24.1 Å². The van der Waals surface area contributed by atoms with Crippen molar-refractivity contribution in [3.63, 3.8) is 0 Å². The lowest BCUT2D eigenvalue weighted by molar-refractivity contribution is -0.129. The van der Waals surface area contributed by atoms with Crippen molar-refractivity contribution < 1.29 is 14.5 Å². The van der Waals surface area contributed by atoms with Crippen LogP contribution >= 0.6 is 0 Å². The molecule has 1 fully saturated rings. The molecular formula is C19H27N5O3. The highest BCUT2D eigenvalue weighted by molar-refractivity contribution is 5.75. The highest BCUT2D eigenvalue weighted by Crippen LogP contribution is 2.31. The summed E-state index contributed by atoms with van der Waals surface area (Å²) in [5.74, 6) is 1.36. The Bertz CT molecular complexity index is 725. The molecule has 2 heterocycles.